The van der Waals surface area contributed by atoms with E-state index in [1.165, 1.54) is 24.5 Å². The molecule has 23 heavy (non-hydrogen) atoms. The summed E-state index contributed by atoms with van der Waals surface area (Å²) in [6.45, 7) is 0. The highest BCUT2D eigenvalue weighted by Crippen LogP contribution is 2.34. The predicted octanol–water partition coefficient (Wildman–Crippen LogP) is 4.26. The molecule has 0 radical (unpaired) electrons. The molecule has 0 aliphatic rings. The molecule has 0 atom stereocenters. The summed E-state index contributed by atoms with van der Waals surface area (Å²) in [6.07, 6.45) is 0. The molecular weight excluding hydrogens is 314 g/mol. The third kappa shape index (κ3) is 3.42. The summed E-state index contributed by atoms with van der Waals surface area (Å²) in [5.74, 6) is 0.295. The Kier molecular flexibility index (Phi) is 4.42. The number of hydrogen-bond donors (Lipinski definition) is 2. The van der Waals surface area contributed by atoms with E-state index in [-0.39, 0.29) is 10.9 Å². The van der Waals surface area contributed by atoms with Crippen LogP contribution in [0.1, 0.15) is 0 Å². The summed E-state index contributed by atoms with van der Waals surface area (Å²) in [5.41, 5.74) is 2.41. The van der Waals surface area contributed by atoms with E-state index in [0.717, 1.165) is 10.8 Å². The molecule has 0 spiro atoms. The normalized spacial score (nSPS) is 10.4. The van der Waals surface area contributed by atoms with Crippen molar-refractivity contribution in [1.29, 1.82) is 0 Å². The molecule has 0 bridgehead atoms. The Balaban J connectivity index is 1.87. The van der Waals surface area contributed by atoms with Crippen molar-refractivity contribution in [2.45, 2.75) is 0 Å². The van der Waals surface area contributed by atoms with Crippen LogP contribution in [0.15, 0.2) is 53.9 Å². The Morgan fingerprint density at radius 3 is 2.70 bits per heavy atom. The number of nitrogens with zero attached hydrogens (tertiary/aromatic N) is 2. The lowest BCUT2D eigenvalue weighted by Gasteiger charge is -2.24. The number of aromatic nitrogens is 1. The number of rotatable bonds is 5. The van der Waals surface area contributed by atoms with Crippen LogP contribution in [-0.2, 0) is 0 Å². The first-order valence-electron chi connectivity index (χ1n) is 6.79. The van der Waals surface area contributed by atoms with Gasteiger partial charge in [0.25, 0.3) is 0 Å². The summed E-state index contributed by atoms with van der Waals surface area (Å²) in [6, 6.07) is 14.7. The smallest absolute Gasteiger partial charge is 0.187 e. The number of hydrogen-bond acceptors (Lipinski definition) is 7. The molecule has 0 fully saturated rings. The Morgan fingerprint density at radius 2 is 2.00 bits per heavy atom. The van der Waals surface area contributed by atoms with Crippen LogP contribution in [0, 0.1) is 5.21 Å². The van der Waals surface area contributed by atoms with E-state index < -0.39 is 0 Å². The third-order valence-corrected chi connectivity index (χ3v) is 3.97. The Labute approximate surface area is 137 Å². The van der Waals surface area contributed by atoms with Gasteiger partial charge in [0.05, 0.1) is 18.5 Å². The summed E-state index contributed by atoms with van der Waals surface area (Å²) in [7, 11) is 1.44. The molecule has 0 saturated heterocycles. The van der Waals surface area contributed by atoms with Crippen LogP contribution < -0.4 is 15.3 Å². The van der Waals surface area contributed by atoms with Crippen LogP contribution in [0.25, 0.3) is 11.3 Å². The quantitative estimate of drug-likeness (QED) is 0.681. The molecule has 0 aliphatic carbocycles. The topological polar surface area (TPSA) is 80.7 Å². The van der Waals surface area contributed by atoms with Gasteiger partial charge in [-0.2, -0.15) is 0 Å². The molecular formula is C16H14N3O3S-. The number of benzene rings is 2. The third-order valence-electron chi connectivity index (χ3n) is 3.21. The van der Waals surface area contributed by atoms with Crippen LogP contribution in [-0.4, -0.2) is 17.3 Å². The predicted molar refractivity (Wildman–Crippen MR) is 91.5 cm³/mol. The maximum Gasteiger partial charge on any atom is 0.187 e. The fraction of sp³-hybridized carbons (Fsp3) is 0.0625. The molecule has 2 N–H and O–H groups in total. The molecule has 0 aliphatic heterocycles. The Morgan fingerprint density at radius 1 is 1.22 bits per heavy atom. The maximum absolute atomic E-state index is 11.2. The van der Waals surface area contributed by atoms with Crippen LogP contribution in [0.5, 0.6) is 5.75 Å². The summed E-state index contributed by atoms with van der Waals surface area (Å²) >= 11 is 1.46. The number of para-hydroxylation sites is 1. The molecule has 1 heterocycles. The van der Waals surface area contributed by atoms with E-state index in [4.69, 9.17) is 4.74 Å². The molecule has 3 aromatic rings. The molecule has 118 valence electrons. The number of ether oxygens (including phenoxy) is 1. The van der Waals surface area contributed by atoms with Crippen molar-refractivity contribution in [2.24, 2.45) is 0 Å². The van der Waals surface area contributed by atoms with Crippen molar-refractivity contribution < 1.29 is 9.94 Å². The summed E-state index contributed by atoms with van der Waals surface area (Å²) in [4.78, 5) is 4.50. The lowest BCUT2D eigenvalue weighted by molar-refractivity contribution is 0.290. The van der Waals surface area contributed by atoms with Crippen molar-refractivity contribution in [2.75, 3.05) is 17.7 Å². The van der Waals surface area contributed by atoms with Crippen molar-refractivity contribution >= 4 is 27.8 Å². The number of anilines is 3. The number of thiazole rings is 1. The van der Waals surface area contributed by atoms with Gasteiger partial charge in [0.2, 0.25) is 0 Å². The van der Waals surface area contributed by atoms with Crippen molar-refractivity contribution in [3.63, 3.8) is 0 Å². The highest BCUT2D eigenvalue weighted by molar-refractivity contribution is 7.14. The molecule has 0 unspecified atom stereocenters. The number of nitrogens with one attached hydrogen (secondary N) is 1. The molecule has 0 saturated carbocycles. The van der Waals surface area contributed by atoms with Gasteiger partial charge in [-0.15, -0.1) is 11.3 Å². The molecule has 7 heteroatoms. The highest BCUT2D eigenvalue weighted by atomic mass is 32.1. The first-order chi connectivity index (χ1) is 11.2. The zero-order valence-electron chi connectivity index (χ0n) is 12.3. The van der Waals surface area contributed by atoms with Gasteiger partial charge in [-0.05, 0) is 30.3 Å². The van der Waals surface area contributed by atoms with Gasteiger partial charge in [-0.3, -0.25) is 5.21 Å². The maximum atomic E-state index is 11.2. The molecule has 1 aromatic heterocycles. The van der Waals surface area contributed by atoms with Crippen molar-refractivity contribution in [1.82, 2.24) is 4.98 Å². The van der Waals surface area contributed by atoms with Crippen LogP contribution in [0.3, 0.4) is 0 Å². The highest BCUT2D eigenvalue weighted by Gasteiger charge is 2.10. The molecule has 0 amide bonds. The van der Waals surface area contributed by atoms with Crippen molar-refractivity contribution in [3.05, 3.63) is 59.1 Å². The van der Waals surface area contributed by atoms with Crippen LogP contribution >= 0.6 is 11.3 Å². The second-order valence-electron chi connectivity index (χ2n) is 4.69. The van der Waals surface area contributed by atoms with Crippen LogP contribution in [0.4, 0.5) is 16.5 Å². The largest absolute Gasteiger partial charge is 0.733 e. The zero-order chi connectivity index (χ0) is 16.2. The second kappa shape index (κ2) is 6.66. The van der Waals surface area contributed by atoms with Gasteiger partial charge in [0.15, 0.2) is 5.13 Å². The van der Waals surface area contributed by atoms with Crippen molar-refractivity contribution in [3.8, 4) is 17.0 Å². The fourth-order valence-electron chi connectivity index (χ4n) is 2.11. The SMILES string of the molecule is COc1ccc(-c2csc(Nc3ccccc3)n2)cc1N([O-])O. The summed E-state index contributed by atoms with van der Waals surface area (Å²) < 4.78 is 5.05. The van der Waals surface area contributed by atoms with Gasteiger partial charge >= 0.3 is 0 Å². The fourth-order valence-corrected chi connectivity index (χ4v) is 2.85. The van der Waals surface area contributed by atoms with E-state index >= 15 is 0 Å². The average molecular weight is 328 g/mol. The van der Waals surface area contributed by atoms with E-state index in [2.05, 4.69) is 10.3 Å². The van der Waals surface area contributed by atoms with Gasteiger partial charge in [0.1, 0.15) is 5.75 Å². The lowest BCUT2D eigenvalue weighted by Crippen LogP contribution is -2.08. The van der Waals surface area contributed by atoms with E-state index in [1.807, 2.05) is 35.7 Å². The van der Waals surface area contributed by atoms with E-state index in [0.29, 0.717) is 17.0 Å². The van der Waals surface area contributed by atoms with Gasteiger partial charge in [-0.1, -0.05) is 18.2 Å². The minimum atomic E-state index is -0.210. The average Bonchev–Trinajstić information content (AvgIpc) is 3.03. The lowest BCUT2D eigenvalue weighted by atomic mass is 10.1. The minimum absolute atomic E-state index is 0.0376. The Hall–Kier alpha value is -2.61. The minimum Gasteiger partial charge on any atom is -0.733 e. The van der Waals surface area contributed by atoms with E-state index in [9.17, 15) is 10.4 Å². The van der Waals surface area contributed by atoms with Crippen LogP contribution in [0.2, 0.25) is 0 Å². The monoisotopic (exact) mass is 328 g/mol. The standard InChI is InChI=1S/C16H14N3O3S/c1-22-15-8-7-11(9-14(15)19(20)21)13-10-23-16(18-13)17-12-5-3-2-4-6-12/h2-10,20H,1H3,(H,17,18)/q-1. The Bertz CT molecular complexity index is 790. The summed E-state index contributed by atoms with van der Waals surface area (Å²) in [5, 5.41) is 26.0. The van der Waals surface area contributed by atoms with E-state index in [1.54, 1.807) is 12.1 Å². The first-order valence-corrected chi connectivity index (χ1v) is 7.67. The molecule has 3 rings (SSSR count). The number of methoxy groups -OCH3 is 1. The van der Waals surface area contributed by atoms with Gasteiger partial charge in [0, 0.05) is 16.6 Å². The van der Waals surface area contributed by atoms with Gasteiger partial charge in [-0.25, -0.2) is 4.98 Å². The molecule has 6 nitrogen and oxygen atoms in total. The first kappa shape index (κ1) is 15.3. The second-order valence-corrected chi connectivity index (χ2v) is 5.55. The zero-order valence-corrected chi connectivity index (χ0v) is 13.1. The van der Waals surface area contributed by atoms with Gasteiger partial charge < -0.3 is 20.5 Å². The molecule has 2 aromatic carbocycles.